The van der Waals surface area contributed by atoms with Gasteiger partial charge in [0.1, 0.15) is 0 Å². The third-order valence-corrected chi connectivity index (χ3v) is 6.40. The highest BCUT2D eigenvalue weighted by Crippen LogP contribution is 2.15. The Morgan fingerprint density at radius 2 is 1.83 bits per heavy atom. The maximum Gasteiger partial charge on any atom is 0.289 e. The molecule has 30 heavy (non-hydrogen) atoms. The van der Waals surface area contributed by atoms with Crippen LogP contribution in [-0.2, 0) is 14.8 Å². The standard InChI is InChI=1S/C19H22FN3O6S/c20-15-4-1-2-5-16(15)29-14-18(24)21-7-13-30(26,27)23-10-8-22(9-11-23)19(25)17-6-3-12-28-17/h1-6,12H,7-11,13-14H2,(H,21,24). The molecule has 2 aromatic rings. The van der Waals surface area contributed by atoms with Crippen molar-refractivity contribution in [3.05, 3.63) is 54.2 Å². The van der Waals surface area contributed by atoms with Crippen molar-refractivity contribution in [3.63, 3.8) is 0 Å². The lowest BCUT2D eigenvalue weighted by molar-refractivity contribution is -0.123. The summed E-state index contributed by atoms with van der Waals surface area (Å²) in [5.41, 5.74) is 0. The molecule has 0 atom stereocenters. The number of carbonyl (C=O) groups is 2. The van der Waals surface area contributed by atoms with Gasteiger partial charge in [-0.1, -0.05) is 12.1 Å². The third kappa shape index (κ3) is 5.57. The van der Waals surface area contributed by atoms with Gasteiger partial charge in [0.25, 0.3) is 11.8 Å². The molecule has 0 saturated carbocycles. The van der Waals surface area contributed by atoms with E-state index in [1.54, 1.807) is 18.2 Å². The predicted octanol–water partition coefficient (Wildman–Crippen LogP) is 0.702. The molecule has 0 radical (unpaired) electrons. The second kappa shape index (κ2) is 9.72. The van der Waals surface area contributed by atoms with Crippen LogP contribution in [0.2, 0.25) is 0 Å². The largest absolute Gasteiger partial charge is 0.481 e. The zero-order chi connectivity index (χ0) is 21.6. The van der Waals surface area contributed by atoms with Gasteiger partial charge in [0.05, 0.1) is 12.0 Å². The van der Waals surface area contributed by atoms with E-state index in [0.29, 0.717) is 0 Å². The normalized spacial score (nSPS) is 15.0. The molecule has 1 N–H and O–H groups in total. The van der Waals surface area contributed by atoms with Crippen LogP contribution in [0.15, 0.2) is 47.1 Å². The van der Waals surface area contributed by atoms with Crippen molar-refractivity contribution in [1.29, 1.82) is 0 Å². The number of hydrogen-bond acceptors (Lipinski definition) is 6. The Labute approximate surface area is 173 Å². The molecule has 11 heteroatoms. The summed E-state index contributed by atoms with van der Waals surface area (Å²) in [4.78, 5) is 25.6. The quantitative estimate of drug-likeness (QED) is 0.649. The number of para-hydroxylation sites is 1. The van der Waals surface area contributed by atoms with E-state index in [4.69, 9.17) is 9.15 Å². The fourth-order valence-electron chi connectivity index (χ4n) is 2.93. The number of ether oxygens (including phenoxy) is 1. The number of nitrogens with one attached hydrogen (secondary N) is 1. The van der Waals surface area contributed by atoms with E-state index in [9.17, 15) is 22.4 Å². The molecule has 1 aromatic carbocycles. The second-order valence-corrected chi connectivity index (χ2v) is 8.64. The fourth-order valence-corrected chi connectivity index (χ4v) is 4.27. The zero-order valence-electron chi connectivity index (χ0n) is 16.1. The molecule has 1 fully saturated rings. The second-order valence-electron chi connectivity index (χ2n) is 6.55. The molecule has 0 aliphatic carbocycles. The Balaban J connectivity index is 1.39. The topological polar surface area (TPSA) is 109 Å². The molecule has 3 rings (SSSR count). The van der Waals surface area contributed by atoms with Crippen LogP contribution in [-0.4, -0.2) is 74.5 Å². The summed E-state index contributed by atoms with van der Waals surface area (Å²) >= 11 is 0. The molecule has 1 aromatic heterocycles. The summed E-state index contributed by atoms with van der Waals surface area (Å²) in [6.07, 6.45) is 1.41. The first-order valence-electron chi connectivity index (χ1n) is 9.31. The first-order valence-corrected chi connectivity index (χ1v) is 10.9. The fraction of sp³-hybridized carbons (Fsp3) is 0.368. The Morgan fingerprint density at radius 1 is 1.10 bits per heavy atom. The highest BCUT2D eigenvalue weighted by molar-refractivity contribution is 7.89. The molecule has 0 bridgehead atoms. The summed E-state index contributed by atoms with van der Waals surface area (Å²) in [7, 11) is -3.60. The van der Waals surface area contributed by atoms with Gasteiger partial charge in [0, 0.05) is 32.7 Å². The van der Waals surface area contributed by atoms with Gasteiger partial charge in [-0.3, -0.25) is 9.59 Å². The number of hydrogen-bond donors (Lipinski definition) is 1. The van der Waals surface area contributed by atoms with Crippen LogP contribution >= 0.6 is 0 Å². The molecule has 0 spiro atoms. The lowest BCUT2D eigenvalue weighted by Gasteiger charge is -2.33. The molecule has 2 heterocycles. The summed E-state index contributed by atoms with van der Waals surface area (Å²) < 4.78 is 49.8. The molecule has 1 aliphatic rings. The highest BCUT2D eigenvalue weighted by Gasteiger charge is 2.29. The summed E-state index contributed by atoms with van der Waals surface area (Å²) in [6, 6.07) is 8.85. The van der Waals surface area contributed by atoms with Gasteiger partial charge >= 0.3 is 0 Å². The van der Waals surface area contributed by atoms with Gasteiger partial charge < -0.3 is 19.4 Å². The Kier molecular flexibility index (Phi) is 7.06. The smallest absolute Gasteiger partial charge is 0.289 e. The zero-order valence-corrected chi connectivity index (χ0v) is 16.9. The molecule has 9 nitrogen and oxygen atoms in total. The van der Waals surface area contributed by atoms with Crippen LogP contribution in [0.1, 0.15) is 10.6 Å². The van der Waals surface area contributed by atoms with Crippen molar-refractivity contribution in [2.24, 2.45) is 0 Å². The minimum Gasteiger partial charge on any atom is -0.481 e. The minimum atomic E-state index is -3.60. The first-order chi connectivity index (χ1) is 14.4. The SMILES string of the molecule is O=C(COc1ccccc1F)NCCS(=O)(=O)N1CCN(C(=O)c2ccco2)CC1. The summed E-state index contributed by atoms with van der Waals surface area (Å²) in [6.45, 7) is 0.309. The number of sulfonamides is 1. The molecular weight excluding hydrogens is 417 g/mol. The van der Waals surface area contributed by atoms with Gasteiger partial charge in [-0.25, -0.2) is 12.8 Å². The Bertz CT molecular complexity index is 972. The van der Waals surface area contributed by atoms with Crippen LogP contribution in [0.25, 0.3) is 0 Å². The third-order valence-electron chi connectivity index (χ3n) is 4.53. The van der Waals surface area contributed by atoms with Gasteiger partial charge in [-0.15, -0.1) is 0 Å². The summed E-state index contributed by atoms with van der Waals surface area (Å²) in [5, 5.41) is 2.44. The summed E-state index contributed by atoms with van der Waals surface area (Å²) in [5.74, 6) is -1.54. The number of nitrogens with zero attached hydrogens (tertiary/aromatic N) is 2. The van der Waals surface area contributed by atoms with Gasteiger partial charge in [0.2, 0.25) is 10.0 Å². The van der Waals surface area contributed by atoms with E-state index in [0.717, 1.165) is 0 Å². The molecule has 1 aliphatic heterocycles. The molecule has 162 valence electrons. The molecule has 2 amide bonds. The van der Waals surface area contributed by atoms with E-state index >= 15 is 0 Å². The number of rotatable bonds is 8. The van der Waals surface area contributed by atoms with Crippen molar-refractivity contribution in [1.82, 2.24) is 14.5 Å². The van der Waals surface area contributed by atoms with Crippen molar-refractivity contribution >= 4 is 21.8 Å². The van der Waals surface area contributed by atoms with Crippen LogP contribution in [0.5, 0.6) is 5.75 Å². The minimum absolute atomic E-state index is 0.0535. The average Bonchev–Trinajstić information content (AvgIpc) is 3.27. The highest BCUT2D eigenvalue weighted by atomic mass is 32.2. The lowest BCUT2D eigenvalue weighted by Crippen LogP contribution is -2.51. The monoisotopic (exact) mass is 439 g/mol. The molecular formula is C19H22FN3O6S. The van der Waals surface area contributed by atoms with E-state index in [1.807, 2.05) is 0 Å². The number of amides is 2. The number of piperazine rings is 1. The molecule has 1 saturated heterocycles. The number of halogens is 1. The number of benzene rings is 1. The van der Waals surface area contributed by atoms with E-state index < -0.39 is 28.4 Å². The van der Waals surface area contributed by atoms with Crippen molar-refractivity contribution in [2.45, 2.75) is 0 Å². The predicted molar refractivity (Wildman–Crippen MR) is 105 cm³/mol. The Morgan fingerprint density at radius 3 is 2.50 bits per heavy atom. The van der Waals surface area contributed by atoms with Crippen molar-refractivity contribution in [2.75, 3.05) is 45.1 Å². The van der Waals surface area contributed by atoms with Gasteiger partial charge in [-0.2, -0.15) is 4.31 Å². The van der Waals surface area contributed by atoms with E-state index in [-0.39, 0.29) is 55.9 Å². The average molecular weight is 439 g/mol. The van der Waals surface area contributed by atoms with Crippen molar-refractivity contribution < 1.29 is 31.6 Å². The number of carbonyl (C=O) groups excluding carboxylic acids is 2. The van der Waals surface area contributed by atoms with Crippen LogP contribution in [0.4, 0.5) is 4.39 Å². The van der Waals surface area contributed by atoms with Gasteiger partial charge in [0.15, 0.2) is 23.9 Å². The van der Waals surface area contributed by atoms with Crippen LogP contribution < -0.4 is 10.1 Å². The maximum absolute atomic E-state index is 13.4. The van der Waals surface area contributed by atoms with Crippen LogP contribution in [0, 0.1) is 5.82 Å². The van der Waals surface area contributed by atoms with E-state index in [2.05, 4.69) is 5.32 Å². The van der Waals surface area contributed by atoms with Crippen molar-refractivity contribution in [3.8, 4) is 5.75 Å². The van der Waals surface area contributed by atoms with Crippen LogP contribution in [0.3, 0.4) is 0 Å². The Hall–Kier alpha value is -2.92. The maximum atomic E-state index is 13.4. The first kappa shape index (κ1) is 21.8. The molecule has 0 unspecified atom stereocenters. The lowest BCUT2D eigenvalue weighted by atomic mass is 10.3. The number of furan rings is 1. The van der Waals surface area contributed by atoms with E-state index in [1.165, 1.54) is 33.7 Å². The van der Waals surface area contributed by atoms with Gasteiger partial charge in [-0.05, 0) is 24.3 Å².